The van der Waals surface area contributed by atoms with Crippen molar-refractivity contribution in [2.45, 2.75) is 0 Å². The van der Waals surface area contributed by atoms with Gasteiger partial charge in [0.15, 0.2) is 5.82 Å². The molecule has 3 rings (SSSR count). The minimum absolute atomic E-state index is 0.0267. The monoisotopic (exact) mass is 400 g/mol. The Balaban J connectivity index is 1.94. The quantitative estimate of drug-likeness (QED) is 0.282. The topological polar surface area (TPSA) is 160 Å². The van der Waals surface area contributed by atoms with Gasteiger partial charge in [0.05, 0.1) is 4.92 Å². The number of phenols is 1. The number of amides is 1. The molecule has 0 aliphatic heterocycles. The number of phenolic OH excluding ortho intramolecular Hbond substituents is 1. The van der Waals surface area contributed by atoms with Crippen LogP contribution in [0.5, 0.6) is 5.75 Å². The molecule has 0 aliphatic rings. The summed E-state index contributed by atoms with van der Waals surface area (Å²) in [5.41, 5.74) is 5.85. The molecule has 1 heterocycles. The minimum Gasteiger partial charge on any atom is -0.507 e. The second-order valence-corrected chi connectivity index (χ2v) is 5.99. The molecule has 0 atom stereocenters. The molecule has 0 aliphatic carbocycles. The van der Waals surface area contributed by atoms with Crippen molar-refractivity contribution < 1.29 is 14.8 Å². The van der Waals surface area contributed by atoms with E-state index in [9.17, 15) is 20.0 Å². The van der Waals surface area contributed by atoms with Crippen LogP contribution in [0.4, 0.5) is 23.0 Å². The van der Waals surface area contributed by atoms with Crippen molar-refractivity contribution in [1.29, 1.82) is 0 Å². The van der Waals surface area contributed by atoms with Crippen molar-refractivity contribution >= 4 is 46.7 Å². The van der Waals surface area contributed by atoms with Gasteiger partial charge in [-0.15, -0.1) is 0 Å². The first-order valence-electron chi connectivity index (χ1n) is 7.77. The Hall–Kier alpha value is -3.92. The molecule has 0 unspecified atom stereocenters. The average molecular weight is 401 g/mol. The van der Waals surface area contributed by atoms with E-state index in [0.29, 0.717) is 10.7 Å². The maximum absolute atomic E-state index is 11.9. The van der Waals surface area contributed by atoms with Gasteiger partial charge in [0.2, 0.25) is 0 Å². The summed E-state index contributed by atoms with van der Waals surface area (Å²) in [5.74, 6) is -0.871. The Labute approximate surface area is 162 Å². The van der Waals surface area contributed by atoms with Gasteiger partial charge >= 0.3 is 0 Å². The molecule has 0 bridgehead atoms. The first-order chi connectivity index (χ1) is 13.3. The van der Waals surface area contributed by atoms with Gasteiger partial charge in [0.25, 0.3) is 11.6 Å². The average Bonchev–Trinajstić information content (AvgIpc) is 3.03. The van der Waals surface area contributed by atoms with E-state index in [0.717, 1.165) is 18.3 Å². The zero-order valence-corrected chi connectivity index (χ0v) is 14.8. The third kappa shape index (κ3) is 4.07. The number of primary amides is 1. The summed E-state index contributed by atoms with van der Waals surface area (Å²) < 4.78 is 0. The number of halogens is 1. The highest BCUT2D eigenvalue weighted by Gasteiger charge is 2.18. The summed E-state index contributed by atoms with van der Waals surface area (Å²) in [6.07, 6.45) is 1.15. The minimum atomic E-state index is -0.798. The Morgan fingerprint density at radius 3 is 2.82 bits per heavy atom. The lowest BCUT2D eigenvalue weighted by atomic mass is 10.2. The predicted molar refractivity (Wildman–Crippen MR) is 104 cm³/mol. The van der Waals surface area contributed by atoms with Gasteiger partial charge in [-0.05, 0) is 24.3 Å². The molecule has 5 N–H and O–H groups in total. The molecule has 28 heavy (non-hydrogen) atoms. The number of carbonyl (C=O) groups excluding carboxylic acids is 1. The molecular weight excluding hydrogens is 388 g/mol. The highest BCUT2D eigenvalue weighted by Crippen LogP contribution is 2.28. The largest absolute Gasteiger partial charge is 0.507 e. The lowest BCUT2D eigenvalue weighted by molar-refractivity contribution is -0.384. The van der Waals surface area contributed by atoms with E-state index in [1.165, 1.54) is 6.07 Å². The van der Waals surface area contributed by atoms with Crippen LogP contribution in [-0.2, 0) is 0 Å². The van der Waals surface area contributed by atoms with Crippen molar-refractivity contribution in [3.63, 3.8) is 0 Å². The number of hydrogen-bond donors (Lipinski definition) is 4. The molecule has 2 aromatic carbocycles. The standard InChI is InChI=1S/C17H13ClN6O4/c18-10-2-1-3-11(7-10)21-17-14(15(19)26)16(22-23-17)20-8-9-6-12(24(27)28)4-5-13(9)25/h1-8,25H,(H2,19,26)(H2,21,22,23). The third-order valence-corrected chi connectivity index (χ3v) is 3.87. The number of aromatic hydroxyl groups is 1. The van der Waals surface area contributed by atoms with E-state index < -0.39 is 10.8 Å². The molecule has 0 saturated carbocycles. The number of H-pyrrole nitrogens is 1. The van der Waals surface area contributed by atoms with E-state index in [1.54, 1.807) is 24.3 Å². The Bertz CT molecular complexity index is 1100. The van der Waals surface area contributed by atoms with Gasteiger partial charge in [0.1, 0.15) is 17.1 Å². The van der Waals surface area contributed by atoms with Gasteiger partial charge in [-0.2, -0.15) is 5.10 Å². The number of benzene rings is 2. The SMILES string of the molecule is NC(=O)c1c(N=Cc2cc([N+](=O)[O-])ccc2O)n[nH]c1Nc1cccc(Cl)c1. The molecule has 1 amide bonds. The van der Waals surface area contributed by atoms with Crippen molar-refractivity contribution in [2.24, 2.45) is 10.7 Å². The van der Waals surface area contributed by atoms with Crippen LogP contribution in [0.1, 0.15) is 15.9 Å². The number of non-ortho nitro benzene ring substituents is 1. The molecule has 1 aromatic heterocycles. The van der Waals surface area contributed by atoms with Crippen LogP contribution in [0.25, 0.3) is 0 Å². The molecule has 0 fully saturated rings. The summed E-state index contributed by atoms with van der Waals surface area (Å²) >= 11 is 5.93. The Morgan fingerprint density at radius 1 is 1.36 bits per heavy atom. The van der Waals surface area contributed by atoms with Crippen LogP contribution < -0.4 is 11.1 Å². The maximum atomic E-state index is 11.9. The van der Waals surface area contributed by atoms with Crippen LogP contribution >= 0.6 is 11.6 Å². The molecular formula is C17H13ClN6O4. The zero-order valence-electron chi connectivity index (χ0n) is 14.1. The maximum Gasteiger partial charge on any atom is 0.270 e. The van der Waals surface area contributed by atoms with Crippen LogP contribution in [0, 0.1) is 10.1 Å². The van der Waals surface area contributed by atoms with E-state index in [2.05, 4.69) is 20.5 Å². The number of hydrogen-bond acceptors (Lipinski definition) is 7. The third-order valence-electron chi connectivity index (χ3n) is 3.64. The number of aliphatic imine (C=N–C) groups is 1. The number of anilines is 2. The smallest absolute Gasteiger partial charge is 0.270 e. The second-order valence-electron chi connectivity index (χ2n) is 5.56. The van der Waals surface area contributed by atoms with Gasteiger partial charge < -0.3 is 16.2 Å². The van der Waals surface area contributed by atoms with Gasteiger partial charge in [-0.1, -0.05) is 17.7 Å². The fraction of sp³-hybridized carbons (Fsp3) is 0. The van der Waals surface area contributed by atoms with E-state index in [-0.39, 0.29) is 34.2 Å². The molecule has 0 saturated heterocycles. The molecule has 3 aromatic rings. The number of nitrogens with zero attached hydrogens (tertiary/aromatic N) is 3. The summed E-state index contributed by atoms with van der Waals surface area (Å²) in [7, 11) is 0. The summed E-state index contributed by atoms with van der Waals surface area (Å²) in [6, 6.07) is 10.2. The van der Waals surface area contributed by atoms with Gasteiger partial charge in [-0.3, -0.25) is 20.0 Å². The molecule has 142 valence electrons. The lowest BCUT2D eigenvalue weighted by Crippen LogP contribution is -2.12. The van der Waals surface area contributed by atoms with E-state index in [1.807, 2.05) is 0 Å². The first kappa shape index (κ1) is 18.9. The fourth-order valence-corrected chi connectivity index (χ4v) is 2.54. The van der Waals surface area contributed by atoms with E-state index >= 15 is 0 Å². The second kappa shape index (κ2) is 7.76. The van der Waals surface area contributed by atoms with Gasteiger partial charge in [-0.25, -0.2) is 4.99 Å². The number of nitrogens with one attached hydrogen (secondary N) is 2. The normalized spacial score (nSPS) is 10.9. The summed E-state index contributed by atoms with van der Waals surface area (Å²) in [4.78, 5) is 26.2. The van der Waals surface area contributed by atoms with Gasteiger partial charge in [0, 0.05) is 34.6 Å². The number of aromatic amines is 1. The van der Waals surface area contributed by atoms with Crippen LogP contribution in [0.3, 0.4) is 0 Å². The van der Waals surface area contributed by atoms with Crippen LogP contribution in [-0.4, -0.2) is 32.3 Å². The van der Waals surface area contributed by atoms with Crippen molar-refractivity contribution in [3.05, 3.63) is 68.7 Å². The molecule has 11 heteroatoms. The fourth-order valence-electron chi connectivity index (χ4n) is 2.35. The van der Waals surface area contributed by atoms with Crippen molar-refractivity contribution in [3.8, 4) is 5.75 Å². The number of nitrogens with two attached hydrogens (primary N) is 1. The van der Waals surface area contributed by atoms with Crippen LogP contribution in [0.15, 0.2) is 47.5 Å². The highest BCUT2D eigenvalue weighted by molar-refractivity contribution is 6.30. The number of rotatable bonds is 6. The zero-order chi connectivity index (χ0) is 20.3. The molecule has 0 radical (unpaired) electrons. The van der Waals surface area contributed by atoms with E-state index in [4.69, 9.17) is 17.3 Å². The predicted octanol–water partition coefficient (Wildman–Crippen LogP) is 3.27. The lowest BCUT2D eigenvalue weighted by Gasteiger charge is -2.05. The highest BCUT2D eigenvalue weighted by atomic mass is 35.5. The number of carbonyl (C=O) groups is 1. The Kier molecular flexibility index (Phi) is 5.23. The molecule has 0 spiro atoms. The number of nitro groups is 1. The number of aromatic nitrogens is 2. The first-order valence-corrected chi connectivity index (χ1v) is 8.15. The summed E-state index contributed by atoms with van der Waals surface area (Å²) in [5, 5.41) is 30.7. The number of nitro benzene ring substituents is 1. The molecule has 10 nitrogen and oxygen atoms in total. The summed E-state index contributed by atoms with van der Waals surface area (Å²) in [6.45, 7) is 0. The Morgan fingerprint density at radius 2 is 2.14 bits per heavy atom. The van der Waals surface area contributed by atoms with Crippen LogP contribution in [0.2, 0.25) is 5.02 Å². The van der Waals surface area contributed by atoms with Crippen molar-refractivity contribution in [2.75, 3.05) is 5.32 Å². The van der Waals surface area contributed by atoms with Crippen molar-refractivity contribution in [1.82, 2.24) is 10.2 Å².